The van der Waals surface area contributed by atoms with Gasteiger partial charge in [0.1, 0.15) is 0 Å². The third-order valence-electron chi connectivity index (χ3n) is 2.62. The van der Waals surface area contributed by atoms with Crippen LogP contribution < -0.4 is 0 Å². The monoisotopic (exact) mass is 360 g/mol. The van der Waals surface area contributed by atoms with Crippen molar-refractivity contribution in [2.45, 2.75) is 11.8 Å². The lowest BCUT2D eigenvalue weighted by atomic mass is 10.2. The molecule has 0 aliphatic heterocycles. The number of rotatable bonds is 5. The maximum atomic E-state index is 12.3. The number of benzene rings is 1. The Kier molecular flexibility index (Phi) is 5.28. The summed E-state index contributed by atoms with van der Waals surface area (Å²) in [5.74, 6) is -1.58. The minimum absolute atomic E-state index is 0.0103. The molecule has 0 bridgehead atoms. The van der Waals surface area contributed by atoms with Crippen molar-refractivity contribution < 1.29 is 18.3 Å². The van der Waals surface area contributed by atoms with Gasteiger partial charge in [-0.05, 0) is 41.1 Å². The number of aromatic carboxylic acids is 1. The third kappa shape index (κ3) is 3.56. The Balaban J connectivity index is 3.17. The van der Waals surface area contributed by atoms with Crippen molar-refractivity contribution >= 4 is 31.9 Å². The van der Waals surface area contributed by atoms with Crippen molar-refractivity contribution in [3.8, 4) is 6.07 Å². The zero-order chi connectivity index (χ0) is 15.5. The fourth-order valence-corrected chi connectivity index (χ4v) is 3.83. The molecule has 0 spiro atoms. The molecule has 0 aromatic heterocycles. The van der Waals surface area contributed by atoms with Gasteiger partial charge in [-0.15, -0.1) is 0 Å². The highest BCUT2D eigenvalue weighted by molar-refractivity contribution is 9.10. The van der Waals surface area contributed by atoms with Crippen LogP contribution in [0.3, 0.4) is 0 Å². The first-order valence-corrected chi connectivity index (χ1v) is 7.82. The average molecular weight is 361 g/mol. The molecular weight excluding hydrogens is 348 g/mol. The molecule has 8 heteroatoms. The summed E-state index contributed by atoms with van der Waals surface area (Å²) in [6, 6.07) is 5.65. The number of nitriles is 1. The number of hydrogen-bond acceptors (Lipinski definition) is 4. The Morgan fingerprint density at radius 1 is 1.55 bits per heavy atom. The first-order chi connectivity index (χ1) is 9.20. The number of carboxylic acids is 1. The van der Waals surface area contributed by atoms with E-state index in [-0.39, 0.29) is 21.5 Å². The predicted molar refractivity (Wildman–Crippen MR) is 75.7 cm³/mol. The van der Waals surface area contributed by atoms with Gasteiger partial charge in [0, 0.05) is 18.1 Å². The van der Waals surface area contributed by atoms with Gasteiger partial charge in [0.15, 0.2) is 0 Å². The highest BCUT2D eigenvalue weighted by Crippen LogP contribution is 2.26. The minimum atomic E-state index is -3.77. The van der Waals surface area contributed by atoms with E-state index in [4.69, 9.17) is 10.4 Å². The predicted octanol–water partition coefficient (Wildman–Crippen LogP) is 1.93. The van der Waals surface area contributed by atoms with Crippen LogP contribution in [0.15, 0.2) is 27.6 Å². The van der Waals surface area contributed by atoms with Crippen LogP contribution in [0.1, 0.15) is 17.3 Å². The fraction of sp³-hybridized carbons (Fsp3) is 0.333. The van der Waals surface area contributed by atoms with Crippen LogP contribution in [0.2, 0.25) is 0 Å². The number of halogens is 1. The van der Waals surface area contributed by atoms with E-state index in [2.05, 4.69) is 15.9 Å². The fourth-order valence-electron chi connectivity index (χ4n) is 1.54. The third-order valence-corrected chi connectivity index (χ3v) is 5.42. The van der Waals surface area contributed by atoms with E-state index < -0.39 is 21.9 Å². The van der Waals surface area contributed by atoms with Gasteiger partial charge in [0.25, 0.3) is 0 Å². The van der Waals surface area contributed by atoms with Crippen molar-refractivity contribution in [2.24, 2.45) is 5.92 Å². The lowest BCUT2D eigenvalue weighted by Gasteiger charge is -2.19. The van der Waals surface area contributed by atoms with Crippen LogP contribution in [0.5, 0.6) is 0 Å². The second kappa shape index (κ2) is 6.35. The van der Waals surface area contributed by atoms with Gasteiger partial charge in [-0.25, -0.2) is 13.2 Å². The molecule has 1 rings (SSSR count). The van der Waals surface area contributed by atoms with Crippen LogP contribution in [-0.4, -0.2) is 37.4 Å². The number of carbonyl (C=O) groups is 1. The Morgan fingerprint density at radius 2 is 2.15 bits per heavy atom. The van der Waals surface area contributed by atoms with E-state index in [1.165, 1.54) is 25.2 Å². The highest BCUT2D eigenvalue weighted by atomic mass is 79.9. The maximum absolute atomic E-state index is 12.3. The van der Waals surface area contributed by atoms with E-state index >= 15 is 0 Å². The minimum Gasteiger partial charge on any atom is -0.478 e. The van der Waals surface area contributed by atoms with Crippen molar-refractivity contribution in [3.63, 3.8) is 0 Å². The molecule has 0 aliphatic rings. The largest absolute Gasteiger partial charge is 0.478 e. The van der Waals surface area contributed by atoms with Gasteiger partial charge in [-0.2, -0.15) is 9.57 Å². The molecule has 0 radical (unpaired) electrons. The van der Waals surface area contributed by atoms with Crippen molar-refractivity contribution in [1.29, 1.82) is 5.26 Å². The van der Waals surface area contributed by atoms with Gasteiger partial charge in [-0.3, -0.25) is 0 Å². The zero-order valence-corrected chi connectivity index (χ0v) is 13.3. The number of nitrogens with zero attached hydrogens (tertiary/aromatic N) is 2. The summed E-state index contributed by atoms with van der Waals surface area (Å²) in [4.78, 5) is 10.8. The SMILES string of the molecule is CC(C#N)CN(C)S(=O)(=O)c1ccc(C(=O)O)cc1Br. The van der Waals surface area contributed by atoms with Gasteiger partial charge >= 0.3 is 5.97 Å². The number of carboxylic acid groups (broad SMARTS) is 1. The molecule has 6 nitrogen and oxygen atoms in total. The standard InChI is InChI=1S/C12H13BrN2O4S/c1-8(6-14)7-15(2)20(18,19)11-4-3-9(12(16)17)5-10(11)13/h3-5,8H,7H2,1-2H3,(H,16,17). The second-order valence-electron chi connectivity index (χ2n) is 4.27. The van der Waals surface area contributed by atoms with Gasteiger partial charge in [0.2, 0.25) is 10.0 Å². The van der Waals surface area contributed by atoms with Crippen LogP contribution in [0, 0.1) is 17.2 Å². The average Bonchev–Trinajstić information content (AvgIpc) is 2.37. The highest BCUT2D eigenvalue weighted by Gasteiger charge is 2.25. The smallest absolute Gasteiger partial charge is 0.335 e. The van der Waals surface area contributed by atoms with Gasteiger partial charge in [0.05, 0.1) is 22.4 Å². The molecule has 0 heterocycles. The summed E-state index contributed by atoms with van der Waals surface area (Å²) >= 11 is 3.07. The van der Waals surface area contributed by atoms with Crippen molar-refractivity contribution in [1.82, 2.24) is 4.31 Å². The van der Waals surface area contributed by atoms with Crippen LogP contribution >= 0.6 is 15.9 Å². The zero-order valence-electron chi connectivity index (χ0n) is 10.9. The number of sulfonamides is 1. The molecule has 1 unspecified atom stereocenters. The number of hydrogen-bond donors (Lipinski definition) is 1. The summed E-state index contributed by atoms with van der Waals surface area (Å²) < 4.78 is 25.9. The molecule has 20 heavy (non-hydrogen) atoms. The maximum Gasteiger partial charge on any atom is 0.335 e. The van der Waals surface area contributed by atoms with E-state index in [1.54, 1.807) is 6.92 Å². The van der Waals surface area contributed by atoms with E-state index in [9.17, 15) is 13.2 Å². The second-order valence-corrected chi connectivity index (χ2v) is 7.13. The van der Waals surface area contributed by atoms with Crippen molar-refractivity contribution in [3.05, 3.63) is 28.2 Å². The molecule has 0 amide bonds. The Hall–Kier alpha value is -1.43. The lowest BCUT2D eigenvalue weighted by Crippen LogP contribution is -2.31. The normalized spacial score (nSPS) is 12.9. The first kappa shape index (κ1) is 16.6. The van der Waals surface area contributed by atoms with E-state index in [1.807, 2.05) is 6.07 Å². The topological polar surface area (TPSA) is 98.5 Å². The van der Waals surface area contributed by atoms with Gasteiger partial charge < -0.3 is 5.11 Å². The summed E-state index contributed by atoms with van der Waals surface area (Å²) in [5.41, 5.74) is -0.0103. The molecule has 1 aromatic carbocycles. The first-order valence-electron chi connectivity index (χ1n) is 5.59. The van der Waals surface area contributed by atoms with E-state index in [0.29, 0.717) is 0 Å². The Morgan fingerprint density at radius 3 is 2.60 bits per heavy atom. The lowest BCUT2D eigenvalue weighted by molar-refractivity contribution is 0.0696. The van der Waals surface area contributed by atoms with Gasteiger partial charge in [-0.1, -0.05) is 0 Å². The van der Waals surface area contributed by atoms with Crippen LogP contribution in [-0.2, 0) is 10.0 Å². The summed E-state index contributed by atoms with van der Waals surface area (Å²) in [7, 11) is -2.40. The summed E-state index contributed by atoms with van der Waals surface area (Å²) in [5, 5.41) is 17.6. The van der Waals surface area contributed by atoms with Crippen LogP contribution in [0.4, 0.5) is 0 Å². The van der Waals surface area contributed by atoms with Crippen molar-refractivity contribution in [2.75, 3.05) is 13.6 Å². The molecule has 0 saturated carbocycles. The molecular formula is C12H13BrN2O4S. The molecule has 1 atom stereocenters. The van der Waals surface area contributed by atoms with E-state index in [0.717, 1.165) is 4.31 Å². The molecule has 0 fully saturated rings. The Bertz CT molecular complexity index is 667. The molecule has 0 saturated heterocycles. The molecule has 0 aliphatic carbocycles. The summed E-state index contributed by atoms with van der Waals surface area (Å²) in [6.45, 7) is 1.68. The molecule has 1 aromatic rings. The molecule has 1 N–H and O–H groups in total. The quantitative estimate of drug-likeness (QED) is 0.864. The summed E-state index contributed by atoms with van der Waals surface area (Å²) in [6.07, 6.45) is 0. The molecule has 108 valence electrons. The Labute approximate surface area is 125 Å². The van der Waals surface area contributed by atoms with Crippen LogP contribution in [0.25, 0.3) is 0 Å².